The van der Waals surface area contributed by atoms with Crippen molar-refractivity contribution >= 4 is 11.9 Å². The molecule has 0 heterocycles. The van der Waals surface area contributed by atoms with Crippen molar-refractivity contribution in [2.24, 2.45) is 10.3 Å². The standard InChI is InChI=1S/C8H8N2O2/c11-9-6-8(10-12)7-4-2-1-3-5-7/h1-6,11-12H. The molecule has 62 valence electrons. The Balaban J connectivity index is 2.97. The van der Waals surface area contributed by atoms with E-state index in [2.05, 4.69) is 10.3 Å². The second-order valence-corrected chi connectivity index (χ2v) is 2.10. The average molecular weight is 164 g/mol. The molecular weight excluding hydrogens is 156 g/mol. The second-order valence-electron chi connectivity index (χ2n) is 2.10. The monoisotopic (exact) mass is 164 g/mol. The Kier molecular flexibility index (Phi) is 2.84. The Morgan fingerprint density at radius 2 is 1.83 bits per heavy atom. The lowest BCUT2D eigenvalue weighted by molar-refractivity contribution is 0.316. The summed E-state index contributed by atoms with van der Waals surface area (Å²) in [4.78, 5) is 0. The van der Waals surface area contributed by atoms with Crippen LogP contribution in [-0.4, -0.2) is 22.3 Å². The average Bonchev–Trinajstić information content (AvgIpc) is 2.15. The van der Waals surface area contributed by atoms with E-state index >= 15 is 0 Å². The summed E-state index contributed by atoms with van der Waals surface area (Å²) in [6.45, 7) is 0. The van der Waals surface area contributed by atoms with Crippen molar-refractivity contribution in [2.75, 3.05) is 0 Å². The van der Waals surface area contributed by atoms with Gasteiger partial charge >= 0.3 is 0 Å². The zero-order chi connectivity index (χ0) is 8.81. The van der Waals surface area contributed by atoms with E-state index in [0.717, 1.165) is 6.21 Å². The molecule has 0 unspecified atom stereocenters. The predicted molar refractivity (Wildman–Crippen MR) is 45.0 cm³/mol. The van der Waals surface area contributed by atoms with E-state index in [4.69, 9.17) is 10.4 Å². The lowest BCUT2D eigenvalue weighted by Gasteiger charge is -1.95. The molecule has 4 nitrogen and oxygen atoms in total. The molecule has 0 aliphatic rings. The Morgan fingerprint density at radius 3 is 2.33 bits per heavy atom. The summed E-state index contributed by atoms with van der Waals surface area (Å²) in [7, 11) is 0. The summed E-state index contributed by atoms with van der Waals surface area (Å²) in [5, 5.41) is 22.4. The third-order valence-corrected chi connectivity index (χ3v) is 1.36. The summed E-state index contributed by atoms with van der Waals surface area (Å²) in [5.41, 5.74) is 0.913. The number of nitrogens with zero attached hydrogens (tertiary/aromatic N) is 2. The van der Waals surface area contributed by atoms with Gasteiger partial charge in [0.05, 0.1) is 6.21 Å². The molecule has 1 aromatic carbocycles. The first-order chi connectivity index (χ1) is 5.88. The van der Waals surface area contributed by atoms with Crippen LogP contribution in [-0.2, 0) is 0 Å². The van der Waals surface area contributed by atoms with E-state index in [-0.39, 0.29) is 5.71 Å². The van der Waals surface area contributed by atoms with Crippen LogP contribution in [0.1, 0.15) is 5.56 Å². The Labute approximate surface area is 69.4 Å². The van der Waals surface area contributed by atoms with Gasteiger partial charge in [-0.25, -0.2) is 0 Å². The fraction of sp³-hybridized carbons (Fsp3) is 0. The maximum absolute atomic E-state index is 8.50. The van der Waals surface area contributed by atoms with Crippen LogP contribution in [0, 0.1) is 0 Å². The minimum absolute atomic E-state index is 0.220. The summed E-state index contributed by atoms with van der Waals surface area (Å²) >= 11 is 0. The summed E-state index contributed by atoms with van der Waals surface area (Å²) in [6, 6.07) is 8.93. The molecule has 0 amide bonds. The van der Waals surface area contributed by atoms with E-state index in [1.165, 1.54) is 0 Å². The Bertz CT molecular complexity index is 293. The molecule has 1 aromatic rings. The highest BCUT2D eigenvalue weighted by atomic mass is 16.4. The van der Waals surface area contributed by atoms with Gasteiger partial charge in [0.25, 0.3) is 0 Å². The molecule has 2 N–H and O–H groups in total. The first-order valence-corrected chi connectivity index (χ1v) is 3.33. The molecule has 0 aromatic heterocycles. The minimum atomic E-state index is 0.220. The maximum Gasteiger partial charge on any atom is 0.131 e. The normalized spacial score (nSPS) is 12.2. The fourth-order valence-corrected chi connectivity index (χ4v) is 0.822. The van der Waals surface area contributed by atoms with Crippen molar-refractivity contribution < 1.29 is 10.4 Å². The van der Waals surface area contributed by atoms with Crippen molar-refractivity contribution in [3.63, 3.8) is 0 Å². The van der Waals surface area contributed by atoms with Gasteiger partial charge in [0, 0.05) is 5.56 Å². The van der Waals surface area contributed by atoms with Gasteiger partial charge in [-0.15, -0.1) is 0 Å². The van der Waals surface area contributed by atoms with Gasteiger partial charge in [0.15, 0.2) is 0 Å². The van der Waals surface area contributed by atoms with Crippen LogP contribution < -0.4 is 0 Å². The summed E-state index contributed by atoms with van der Waals surface area (Å²) < 4.78 is 0. The summed E-state index contributed by atoms with van der Waals surface area (Å²) in [6.07, 6.45) is 1.06. The third-order valence-electron chi connectivity index (χ3n) is 1.36. The van der Waals surface area contributed by atoms with Crippen LogP contribution in [0.5, 0.6) is 0 Å². The zero-order valence-electron chi connectivity index (χ0n) is 6.25. The Hall–Kier alpha value is -1.84. The van der Waals surface area contributed by atoms with Gasteiger partial charge in [-0.3, -0.25) is 0 Å². The van der Waals surface area contributed by atoms with E-state index in [9.17, 15) is 0 Å². The van der Waals surface area contributed by atoms with Gasteiger partial charge in [-0.05, 0) is 0 Å². The van der Waals surface area contributed by atoms with Gasteiger partial charge in [-0.1, -0.05) is 40.6 Å². The van der Waals surface area contributed by atoms with E-state index < -0.39 is 0 Å². The van der Waals surface area contributed by atoms with E-state index in [1.54, 1.807) is 24.3 Å². The minimum Gasteiger partial charge on any atom is -0.411 e. The Morgan fingerprint density at radius 1 is 1.17 bits per heavy atom. The molecule has 0 radical (unpaired) electrons. The van der Waals surface area contributed by atoms with Gasteiger partial charge in [0.2, 0.25) is 0 Å². The van der Waals surface area contributed by atoms with Crippen LogP contribution in [0.4, 0.5) is 0 Å². The molecule has 0 bridgehead atoms. The molecule has 12 heavy (non-hydrogen) atoms. The van der Waals surface area contributed by atoms with Gasteiger partial charge < -0.3 is 10.4 Å². The van der Waals surface area contributed by atoms with Crippen LogP contribution in [0.15, 0.2) is 40.6 Å². The highest BCUT2D eigenvalue weighted by molar-refractivity contribution is 6.37. The van der Waals surface area contributed by atoms with Crippen LogP contribution in [0.3, 0.4) is 0 Å². The number of hydrogen-bond acceptors (Lipinski definition) is 4. The van der Waals surface area contributed by atoms with Crippen molar-refractivity contribution in [3.8, 4) is 0 Å². The van der Waals surface area contributed by atoms with Crippen molar-refractivity contribution in [1.82, 2.24) is 0 Å². The molecule has 0 aliphatic heterocycles. The third kappa shape index (κ3) is 1.82. The predicted octanol–water partition coefficient (Wildman–Crippen LogP) is 1.32. The SMILES string of the molecule is ON=CC(=NO)c1ccccc1. The molecule has 0 atom stereocenters. The molecule has 0 saturated heterocycles. The van der Waals surface area contributed by atoms with Crippen molar-refractivity contribution in [2.45, 2.75) is 0 Å². The smallest absolute Gasteiger partial charge is 0.131 e. The molecule has 0 aliphatic carbocycles. The number of rotatable bonds is 2. The molecular formula is C8H8N2O2. The van der Waals surface area contributed by atoms with Crippen LogP contribution in [0.25, 0.3) is 0 Å². The first kappa shape index (κ1) is 8.26. The van der Waals surface area contributed by atoms with Crippen molar-refractivity contribution in [3.05, 3.63) is 35.9 Å². The quantitative estimate of drug-likeness (QED) is 0.393. The molecule has 0 fully saturated rings. The lowest BCUT2D eigenvalue weighted by Crippen LogP contribution is -2.01. The van der Waals surface area contributed by atoms with Crippen molar-refractivity contribution in [1.29, 1.82) is 0 Å². The number of oxime groups is 2. The summed E-state index contributed by atoms with van der Waals surface area (Å²) in [5.74, 6) is 0. The zero-order valence-corrected chi connectivity index (χ0v) is 6.25. The molecule has 1 rings (SSSR count). The molecule has 0 saturated carbocycles. The van der Waals surface area contributed by atoms with Gasteiger partial charge in [-0.2, -0.15) is 0 Å². The largest absolute Gasteiger partial charge is 0.411 e. The van der Waals surface area contributed by atoms with Gasteiger partial charge in [0.1, 0.15) is 5.71 Å². The topological polar surface area (TPSA) is 65.2 Å². The molecule has 4 heteroatoms. The highest BCUT2D eigenvalue weighted by Gasteiger charge is 1.98. The second kappa shape index (κ2) is 4.12. The number of benzene rings is 1. The lowest BCUT2D eigenvalue weighted by atomic mass is 10.1. The van der Waals surface area contributed by atoms with Crippen LogP contribution >= 0.6 is 0 Å². The first-order valence-electron chi connectivity index (χ1n) is 3.33. The number of hydrogen-bond donors (Lipinski definition) is 2. The van der Waals surface area contributed by atoms with Crippen LogP contribution in [0.2, 0.25) is 0 Å². The van der Waals surface area contributed by atoms with E-state index in [1.807, 2.05) is 6.07 Å². The highest BCUT2D eigenvalue weighted by Crippen LogP contribution is 1.98. The maximum atomic E-state index is 8.50. The fourth-order valence-electron chi connectivity index (χ4n) is 0.822. The van der Waals surface area contributed by atoms with E-state index in [0.29, 0.717) is 5.56 Å². The molecule has 0 spiro atoms.